The van der Waals surface area contributed by atoms with Crippen LogP contribution in [0.15, 0.2) is 59.1 Å². The number of hydrogen-bond acceptors (Lipinski definition) is 2. The molecule has 1 unspecified atom stereocenters. The van der Waals surface area contributed by atoms with E-state index in [1.165, 1.54) is 5.56 Å². The van der Waals surface area contributed by atoms with Crippen molar-refractivity contribution in [2.75, 3.05) is 13.2 Å². The Balaban J connectivity index is 1.80. The van der Waals surface area contributed by atoms with Crippen molar-refractivity contribution in [1.82, 2.24) is 0 Å². The summed E-state index contributed by atoms with van der Waals surface area (Å²) in [6.07, 6.45) is 1.96. The third kappa shape index (κ3) is 4.99. The van der Waals surface area contributed by atoms with Crippen molar-refractivity contribution in [3.8, 4) is 5.75 Å². The minimum absolute atomic E-state index is 0.452. The molecular weight excluding hydrogens is 314 g/mol. The fourth-order valence-electron chi connectivity index (χ4n) is 2.16. The van der Waals surface area contributed by atoms with Crippen molar-refractivity contribution in [2.24, 2.45) is 11.7 Å². The lowest BCUT2D eigenvalue weighted by Gasteiger charge is -2.15. The van der Waals surface area contributed by atoms with Crippen molar-refractivity contribution in [1.29, 1.82) is 0 Å². The molecule has 1 atom stereocenters. The molecule has 106 valence electrons. The molecule has 0 saturated carbocycles. The minimum Gasteiger partial charge on any atom is -0.494 e. The van der Waals surface area contributed by atoms with Crippen LogP contribution < -0.4 is 10.5 Å². The van der Waals surface area contributed by atoms with Gasteiger partial charge in [-0.2, -0.15) is 0 Å². The normalized spacial score (nSPS) is 12.1. The van der Waals surface area contributed by atoms with Crippen LogP contribution in [-0.2, 0) is 6.42 Å². The zero-order valence-electron chi connectivity index (χ0n) is 11.5. The molecule has 0 spiro atoms. The zero-order valence-corrected chi connectivity index (χ0v) is 13.1. The van der Waals surface area contributed by atoms with Gasteiger partial charge >= 0.3 is 0 Å². The lowest BCUT2D eigenvalue weighted by atomic mass is 9.97. The van der Waals surface area contributed by atoms with E-state index in [-0.39, 0.29) is 0 Å². The molecule has 0 bridgehead atoms. The van der Waals surface area contributed by atoms with Crippen LogP contribution in [0.25, 0.3) is 0 Å². The molecule has 2 nitrogen and oxygen atoms in total. The third-order valence-electron chi connectivity index (χ3n) is 3.28. The van der Waals surface area contributed by atoms with Gasteiger partial charge in [0.15, 0.2) is 0 Å². The third-order valence-corrected chi connectivity index (χ3v) is 3.78. The monoisotopic (exact) mass is 333 g/mol. The fourth-order valence-corrected chi connectivity index (χ4v) is 2.61. The van der Waals surface area contributed by atoms with E-state index in [4.69, 9.17) is 10.5 Å². The molecule has 2 aromatic carbocycles. The highest BCUT2D eigenvalue weighted by Gasteiger charge is 2.08. The molecule has 0 aromatic heterocycles. The van der Waals surface area contributed by atoms with Crippen molar-refractivity contribution >= 4 is 15.9 Å². The van der Waals surface area contributed by atoms with Gasteiger partial charge in [-0.25, -0.2) is 0 Å². The Labute approximate surface area is 129 Å². The summed E-state index contributed by atoms with van der Waals surface area (Å²) in [5, 5.41) is 0. The first-order chi connectivity index (χ1) is 9.78. The quantitative estimate of drug-likeness (QED) is 0.829. The number of benzene rings is 2. The van der Waals surface area contributed by atoms with Crippen LogP contribution in [0.5, 0.6) is 5.75 Å². The van der Waals surface area contributed by atoms with Crippen molar-refractivity contribution < 1.29 is 4.74 Å². The Hall–Kier alpha value is -1.32. The number of hydrogen-bond donors (Lipinski definition) is 1. The highest BCUT2D eigenvalue weighted by molar-refractivity contribution is 9.10. The molecule has 0 saturated heterocycles. The highest BCUT2D eigenvalue weighted by atomic mass is 79.9. The Bertz CT molecular complexity index is 515. The topological polar surface area (TPSA) is 35.2 Å². The minimum atomic E-state index is 0.452. The lowest BCUT2D eigenvalue weighted by Crippen LogP contribution is -2.19. The molecule has 2 rings (SSSR count). The van der Waals surface area contributed by atoms with Crippen LogP contribution in [0.4, 0.5) is 0 Å². The van der Waals surface area contributed by atoms with E-state index >= 15 is 0 Å². The van der Waals surface area contributed by atoms with E-state index in [1.807, 2.05) is 36.4 Å². The van der Waals surface area contributed by atoms with Crippen LogP contribution in [-0.4, -0.2) is 13.2 Å². The largest absolute Gasteiger partial charge is 0.494 e. The van der Waals surface area contributed by atoms with Crippen molar-refractivity contribution in [2.45, 2.75) is 12.8 Å². The summed E-state index contributed by atoms with van der Waals surface area (Å²) < 4.78 is 6.85. The Morgan fingerprint density at radius 2 is 1.85 bits per heavy atom. The van der Waals surface area contributed by atoms with Gasteiger partial charge < -0.3 is 10.5 Å². The van der Waals surface area contributed by atoms with Gasteiger partial charge in [-0.15, -0.1) is 0 Å². The molecule has 0 aliphatic heterocycles. The number of rotatable bonds is 7. The molecule has 2 aromatic rings. The Kier molecular flexibility index (Phi) is 6.09. The van der Waals surface area contributed by atoms with Crippen LogP contribution >= 0.6 is 15.9 Å². The molecule has 20 heavy (non-hydrogen) atoms. The second-order valence-corrected chi connectivity index (χ2v) is 5.80. The first-order valence-electron chi connectivity index (χ1n) is 6.90. The average Bonchev–Trinajstić information content (AvgIpc) is 2.47. The van der Waals surface area contributed by atoms with Gasteiger partial charge in [-0.3, -0.25) is 0 Å². The van der Waals surface area contributed by atoms with E-state index in [2.05, 4.69) is 34.1 Å². The fraction of sp³-hybridized carbons (Fsp3) is 0.294. The molecule has 0 amide bonds. The molecule has 0 radical (unpaired) electrons. The predicted molar refractivity (Wildman–Crippen MR) is 86.9 cm³/mol. The van der Waals surface area contributed by atoms with E-state index in [1.54, 1.807) is 0 Å². The first-order valence-corrected chi connectivity index (χ1v) is 7.69. The predicted octanol–water partition coefficient (Wildman–Crippen LogP) is 4.04. The Morgan fingerprint density at radius 1 is 1.05 bits per heavy atom. The van der Waals surface area contributed by atoms with Crippen molar-refractivity contribution in [3.05, 3.63) is 64.6 Å². The van der Waals surface area contributed by atoms with Crippen LogP contribution in [0.2, 0.25) is 0 Å². The molecule has 0 aliphatic rings. The SMILES string of the molecule is NCC(CCOc1ccccc1)Cc1cccc(Br)c1. The smallest absolute Gasteiger partial charge is 0.119 e. The van der Waals surface area contributed by atoms with E-state index in [0.29, 0.717) is 19.1 Å². The summed E-state index contributed by atoms with van der Waals surface area (Å²) in [4.78, 5) is 0. The molecule has 0 fully saturated rings. The van der Waals surface area contributed by atoms with Gasteiger partial charge in [0.25, 0.3) is 0 Å². The summed E-state index contributed by atoms with van der Waals surface area (Å²) in [6, 6.07) is 18.3. The first kappa shape index (κ1) is 15.1. The number of para-hydroxylation sites is 1. The standard InChI is InChI=1S/C17H20BrNO/c18-16-6-4-5-14(12-16)11-15(13-19)9-10-20-17-7-2-1-3-8-17/h1-8,12,15H,9-11,13,19H2. The van der Waals surface area contributed by atoms with Crippen LogP contribution in [0.1, 0.15) is 12.0 Å². The maximum atomic E-state index is 5.87. The molecular formula is C17H20BrNO. The molecule has 0 heterocycles. The number of halogens is 1. The Morgan fingerprint density at radius 3 is 2.55 bits per heavy atom. The lowest BCUT2D eigenvalue weighted by molar-refractivity contribution is 0.279. The average molecular weight is 334 g/mol. The summed E-state index contributed by atoms with van der Waals surface area (Å²) in [6.45, 7) is 1.39. The highest BCUT2D eigenvalue weighted by Crippen LogP contribution is 2.17. The number of nitrogens with two attached hydrogens (primary N) is 1. The van der Waals surface area contributed by atoms with Gasteiger partial charge in [-0.05, 0) is 55.1 Å². The van der Waals surface area contributed by atoms with E-state index < -0.39 is 0 Å². The van der Waals surface area contributed by atoms with Gasteiger partial charge in [0.05, 0.1) is 6.61 Å². The molecule has 0 aliphatic carbocycles. The molecule has 2 N–H and O–H groups in total. The maximum absolute atomic E-state index is 5.87. The van der Waals surface area contributed by atoms with Crippen LogP contribution in [0, 0.1) is 5.92 Å². The summed E-state index contributed by atoms with van der Waals surface area (Å²) in [5.41, 5.74) is 7.19. The van der Waals surface area contributed by atoms with Gasteiger partial charge in [0.2, 0.25) is 0 Å². The second-order valence-electron chi connectivity index (χ2n) is 4.89. The van der Waals surface area contributed by atoms with Gasteiger partial charge in [0, 0.05) is 4.47 Å². The summed E-state index contributed by atoms with van der Waals surface area (Å²) in [5.74, 6) is 1.37. The second kappa shape index (κ2) is 8.08. The summed E-state index contributed by atoms with van der Waals surface area (Å²) >= 11 is 3.50. The maximum Gasteiger partial charge on any atom is 0.119 e. The molecule has 3 heteroatoms. The van der Waals surface area contributed by atoms with Gasteiger partial charge in [0.1, 0.15) is 5.75 Å². The van der Waals surface area contributed by atoms with Crippen LogP contribution in [0.3, 0.4) is 0 Å². The van der Waals surface area contributed by atoms with E-state index in [0.717, 1.165) is 23.1 Å². The summed E-state index contributed by atoms with van der Waals surface area (Å²) in [7, 11) is 0. The number of ether oxygens (including phenoxy) is 1. The van der Waals surface area contributed by atoms with Gasteiger partial charge in [-0.1, -0.05) is 46.3 Å². The van der Waals surface area contributed by atoms with Crippen molar-refractivity contribution in [3.63, 3.8) is 0 Å². The zero-order chi connectivity index (χ0) is 14.2. The van der Waals surface area contributed by atoms with E-state index in [9.17, 15) is 0 Å².